The first-order valence-electron chi connectivity index (χ1n) is 7.23. The average molecular weight is 315 g/mol. The van der Waals surface area contributed by atoms with Gasteiger partial charge in [-0.25, -0.2) is 8.78 Å². The van der Waals surface area contributed by atoms with Crippen LogP contribution in [-0.4, -0.2) is 17.4 Å². The molecule has 1 amide bonds. The number of rotatable bonds is 3. The molecule has 23 heavy (non-hydrogen) atoms. The van der Waals surface area contributed by atoms with Gasteiger partial charge in [0.1, 0.15) is 11.5 Å². The van der Waals surface area contributed by atoms with Crippen molar-refractivity contribution in [3.8, 4) is 11.5 Å². The Balaban J connectivity index is 1.81. The molecule has 2 aromatic carbocycles. The molecule has 0 aliphatic carbocycles. The first-order valence-corrected chi connectivity index (χ1v) is 7.23. The molecule has 0 aromatic heterocycles. The van der Waals surface area contributed by atoms with E-state index in [1.807, 2.05) is 12.1 Å². The fourth-order valence-corrected chi connectivity index (χ4v) is 2.59. The van der Waals surface area contributed by atoms with E-state index in [9.17, 15) is 13.6 Å². The van der Waals surface area contributed by atoms with Crippen LogP contribution in [-0.2, 0) is 17.8 Å². The van der Waals surface area contributed by atoms with Gasteiger partial charge in [0.15, 0.2) is 11.6 Å². The highest BCUT2D eigenvalue weighted by atomic mass is 19.2. The van der Waals surface area contributed by atoms with Crippen LogP contribution in [0.4, 0.5) is 8.78 Å². The second-order valence-corrected chi connectivity index (χ2v) is 5.32. The maximum atomic E-state index is 13.2. The van der Waals surface area contributed by atoms with Crippen molar-refractivity contribution in [2.75, 3.05) is 6.54 Å². The zero-order valence-corrected chi connectivity index (χ0v) is 12.4. The van der Waals surface area contributed by atoms with E-state index in [2.05, 4.69) is 6.58 Å². The van der Waals surface area contributed by atoms with Crippen LogP contribution in [0.3, 0.4) is 0 Å². The second-order valence-electron chi connectivity index (χ2n) is 5.32. The van der Waals surface area contributed by atoms with Gasteiger partial charge in [-0.15, -0.1) is 0 Å². The first kappa shape index (κ1) is 15.2. The SMILES string of the molecule is C=CC(=O)N1CCc2ccc(Oc3ccc(F)c(F)c3)cc2C1. The lowest BCUT2D eigenvalue weighted by molar-refractivity contribution is -0.126. The number of ether oxygens (including phenoxy) is 1. The molecular weight excluding hydrogens is 300 g/mol. The normalized spacial score (nSPS) is 13.4. The van der Waals surface area contributed by atoms with Gasteiger partial charge in [0.05, 0.1) is 0 Å². The fraction of sp³-hybridized carbons (Fsp3) is 0.167. The first-order chi connectivity index (χ1) is 11.1. The number of carbonyl (C=O) groups excluding carboxylic acids is 1. The molecule has 2 aromatic rings. The van der Waals surface area contributed by atoms with Crippen molar-refractivity contribution >= 4 is 5.91 Å². The topological polar surface area (TPSA) is 29.5 Å². The highest BCUT2D eigenvalue weighted by Crippen LogP contribution is 2.28. The van der Waals surface area contributed by atoms with Crippen molar-refractivity contribution in [3.63, 3.8) is 0 Å². The summed E-state index contributed by atoms with van der Waals surface area (Å²) in [6.07, 6.45) is 2.06. The van der Waals surface area contributed by atoms with E-state index in [0.717, 1.165) is 29.7 Å². The Morgan fingerprint density at radius 3 is 2.57 bits per heavy atom. The lowest BCUT2D eigenvalue weighted by Gasteiger charge is -2.28. The third kappa shape index (κ3) is 3.23. The molecule has 0 fully saturated rings. The van der Waals surface area contributed by atoms with Gasteiger partial charge >= 0.3 is 0 Å². The Kier molecular flexibility index (Phi) is 4.10. The summed E-state index contributed by atoms with van der Waals surface area (Å²) in [6.45, 7) is 4.63. The van der Waals surface area contributed by atoms with Crippen LogP contribution in [0.25, 0.3) is 0 Å². The maximum Gasteiger partial charge on any atom is 0.246 e. The van der Waals surface area contributed by atoms with Gasteiger partial charge in [-0.2, -0.15) is 0 Å². The van der Waals surface area contributed by atoms with Crippen LogP contribution in [0.15, 0.2) is 49.1 Å². The number of nitrogens with zero attached hydrogens (tertiary/aromatic N) is 1. The summed E-state index contributed by atoms with van der Waals surface area (Å²) in [4.78, 5) is 13.4. The smallest absolute Gasteiger partial charge is 0.246 e. The molecule has 0 N–H and O–H groups in total. The molecule has 0 bridgehead atoms. The van der Waals surface area contributed by atoms with E-state index in [-0.39, 0.29) is 11.7 Å². The molecule has 0 unspecified atom stereocenters. The summed E-state index contributed by atoms with van der Waals surface area (Å²) in [7, 11) is 0. The average Bonchev–Trinajstić information content (AvgIpc) is 2.57. The number of benzene rings is 2. The lowest BCUT2D eigenvalue weighted by Crippen LogP contribution is -2.34. The molecule has 0 spiro atoms. The summed E-state index contributed by atoms with van der Waals surface area (Å²) in [5.41, 5.74) is 2.13. The number of fused-ring (bicyclic) bond motifs is 1. The zero-order valence-electron chi connectivity index (χ0n) is 12.4. The van der Waals surface area contributed by atoms with Crippen molar-refractivity contribution in [1.82, 2.24) is 4.90 Å². The minimum absolute atomic E-state index is 0.109. The third-order valence-corrected chi connectivity index (χ3v) is 3.80. The Labute approximate surface area is 132 Å². The van der Waals surface area contributed by atoms with Crippen molar-refractivity contribution in [2.24, 2.45) is 0 Å². The molecule has 0 saturated carbocycles. The number of hydrogen-bond donors (Lipinski definition) is 0. The molecule has 5 heteroatoms. The quantitative estimate of drug-likeness (QED) is 0.806. The monoisotopic (exact) mass is 315 g/mol. The third-order valence-electron chi connectivity index (χ3n) is 3.80. The van der Waals surface area contributed by atoms with Crippen LogP contribution in [0.1, 0.15) is 11.1 Å². The minimum atomic E-state index is -0.955. The number of hydrogen-bond acceptors (Lipinski definition) is 2. The van der Waals surface area contributed by atoms with Crippen molar-refractivity contribution < 1.29 is 18.3 Å². The molecule has 3 nitrogen and oxygen atoms in total. The Morgan fingerprint density at radius 1 is 1.09 bits per heavy atom. The van der Waals surface area contributed by atoms with Gasteiger partial charge in [0.25, 0.3) is 0 Å². The van der Waals surface area contributed by atoms with Crippen molar-refractivity contribution in [2.45, 2.75) is 13.0 Å². The highest BCUT2D eigenvalue weighted by molar-refractivity contribution is 5.87. The number of halogens is 2. The van der Waals surface area contributed by atoms with E-state index in [1.54, 1.807) is 11.0 Å². The van der Waals surface area contributed by atoms with Gasteiger partial charge in [0, 0.05) is 19.2 Å². The van der Waals surface area contributed by atoms with E-state index >= 15 is 0 Å². The predicted octanol–water partition coefficient (Wildman–Crippen LogP) is 3.83. The molecule has 1 aliphatic heterocycles. The molecule has 3 rings (SSSR count). The summed E-state index contributed by atoms with van der Waals surface area (Å²) in [6, 6.07) is 8.92. The van der Waals surface area contributed by atoms with Gasteiger partial charge < -0.3 is 9.64 Å². The fourth-order valence-electron chi connectivity index (χ4n) is 2.59. The Bertz CT molecular complexity index is 774. The van der Waals surface area contributed by atoms with E-state index in [1.165, 1.54) is 12.1 Å². The predicted molar refractivity (Wildman–Crippen MR) is 82.2 cm³/mol. The van der Waals surface area contributed by atoms with E-state index in [4.69, 9.17) is 4.74 Å². The largest absolute Gasteiger partial charge is 0.457 e. The molecule has 1 heterocycles. The number of amides is 1. The Hall–Kier alpha value is -2.69. The standard InChI is InChI=1S/C18H15F2NO2/c1-2-18(22)21-8-7-12-3-4-14(9-13(12)11-21)23-15-5-6-16(19)17(20)10-15/h2-6,9-10H,1,7-8,11H2. The lowest BCUT2D eigenvalue weighted by atomic mass is 9.99. The van der Waals surface area contributed by atoms with Gasteiger partial charge in [0.2, 0.25) is 5.91 Å². The van der Waals surface area contributed by atoms with Crippen LogP contribution >= 0.6 is 0 Å². The van der Waals surface area contributed by atoms with Crippen LogP contribution in [0, 0.1) is 11.6 Å². The maximum absolute atomic E-state index is 13.2. The molecular formula is C18H15F2NO2. The summed E-state index contributed by atoms with van der Waals surface area (Å²) >= 11 is 0. The highest BCUT2D eigenvalue weighted by Gasteiger charge is 2.19. The van der Waals surface area contributed by atoms with Gasteiger partial charge in [-0.1, -0.05) is 12.6 Å². The second kappa shape index (κ2) is 6.20. The summed E-state index contributed by atoms with van der Waals surface area (Å²) in [5.74, 6) is -1.24. The van der Waals surface area contributed by atoms with Crippen LogP contribution in [0.5, 0.6) is 11.5 Å². The summed E-state index contributed by atoms with van der Waals surface area (Å²) in [5, 5.41) is 0. The van der Waals surface area contributed by atoms with Crippen molar-refractivity contribution in [3.05, 3.63) is 71.8 Å². The van der Waals surface area contributed by atoms with Gasteiger partial charge in [-0.3, -0.25) is 4.79 Å². The molecule has 0 saturated heterocycles. The number of carbonyl (C=O) groups is 1. The summed E-state index contributed by atoms with van der Waals surface area (Å²) < 4.78 is 31.7. The zero-order chi connectivity index (χ0) is 16.4. The van der Waals surface area contributed by atoms with E-state index in [0.29, 0.717) is 18.8 Å². The van der Waals surface area contributed by atoms with Crippen molar-refractivity contribution in [1.29, 1.82) is 0 Å². The minimum Gasteiger partial charge on any atom is -0.457 e. The van der Waals surface area contributed by atoms with Crippen LogP contribution in [0.2, 0.25) is 0 Å². The molecule has 0 atom stereocenters. The van der Waals surface area contributed by atoms with Crippen LogP contribution < -0.4 is 4.74 Å². The van der Waals surface area contributed by atoms with E-state index < -0.39 is 11.6 Å². The molecule has 118 valence electrons. The van der Waals surface area contributed by atoms with Gasteiger partial charge in [-0.05, 0) is 47.9 Å². The molecule has 1 aliphatic rings. The Morgan fingerprint density at radius 2 is 1.83 bits per heavy atom. The molecule has 0 radical (unpaired) electrons.